The number of aromatic nitrogens is 2. The number of hydrogen-bond donors (Lipinski definition) is 2. The van der Waals surface area contributed by atoms with E-state index < -0.39 is 10.0 Å². The van der Waals surface area contributed by atoms with Crippen LogP contribution in [-0.2, 0) is 33.1 Å². The Morgan fingerprint density at radius 1 is 1.46 bits per heavy atom. The molecule has 0 saturated carbocycles. The van der Waals surface area contributed by atoms with E-state index in [1.165, 1.54) is 0 Å². The number of imidazole rings is 1. The van der Waals surface area contributed by atoms with Crippen LogP contribution >= 0.6 is 0 Å². The average molecular weight is 352 g/mol. The van der Waals surface area contributed by atoms with Gasteiger partial charge in [0, 0.05) is 13.7 Å². The molecule has 3 rings (SSSR count). The van der Waals surface area contributed by atoms with Crippen molar-refractivity contribution in [3.8, 4) is 0 Å². The fraction of sp³-hybridized carbons (Fsp3) is 0.467. The highest BCUT2D eigenvalue weighted by molar-refractivity contribution is 7.92. The number of sulfonamides is 1. The highest BCUT2D eigenvalue weighted by atomic mass is 32.2. The lowest BCUT2D eigenvalue weighted by Gasteiger charge is -2.10. The molecule has 2 heterocycles. The lowest BCUT2D eigenvalue weighted by Crippen LogP contribution is -2.34. The molecule has 1 amide bonds. The summed E-state index contributed by atoms with van der Waals surface area (Å²) in [4.78, 5) is 16.5. The number of fused-ring (bicyclic) bond motifs is 1. The molecule has 2 N–H and O–H groups in total. The molecule has 130 valence electrons. The molecule has 1 saturated heterocycles. The van der Waals surface area contributed by atoms with Gasteiger partial charge in [0.1, 0.15) is 11.9 Å². The SMILES string of the molecule is Cn1c(CNC(=O)[C@@H]2CCCO2)nc2cc(NS(C)(=O)=O)ccc21. The Morgan fingerprint density at radius 2 is 2.25 bits per heavy atom. The summed E-state index contributed by atoms with van der Waals surface area (Å²) in [6.07, 6.45) is 2.38. The molecule has 1 fully saturated rings. The van der Waals surface area contributed by atoms with Gasteiger partial charge >= 0.3 is 0 Å². The molecule has 9 heteroatoms. The minimum Gasteiger partial charge on any atom is -0.368 e. The van der Waals surface area contributed by atoms with E-state index in [1.54, 1.807) is 18.2 Å². The quantitative estimate of drug-likeness (QED) is 0.826. The molecule has 1 aromatic carbocycles. The molecular weight excluding hydrogens is 332 g/mol. The van der Waals surface area contributed by atoms with Crippen molar-refractivity contribution in [3.63, 3.8) is 0 Å². The van der Waals surface area contributed by atoms with Gasteiger partial charge in [-0.25, -0.2) is 13.4 Å². The molecule has 8 nitrogen and oxygen atoms in total. The Morgan fingerprint density at radius 3 is 2.92 bits per heavy atom. The van der Waals surface area contributed by atoms with E-state index in [2.05, 4.69) is 15.0 Å². The molecule has 0 unspecified atom stereocenters. The minimum absolute atomic E-state index is 0.126. The molecule has 0 aliphatic carbocycles. The Bertz CT molecular complexity index is 869. The predicted octanol–water partition coefficient (Wildman–Crippen LogP) is 0.740. The van der Waals surface area contributed by atoms with Crippen molar-refractivity contribution >= 4 is 32.7 Å². The van der Waals surface area contributed by atoms with Gasteiger partial charge in [0.15, 0.2) is 0 Å². The molecule has 1 atom stereocenters. The largest absolute Gasteiger partial charge is 0.368 e. The van der Waals surface area contributed by atoms with Crippen molar-refractivity contribution in [3.05, 3.63) is 24.0 Å². The Balaban J connectivity index is 1.76. The number of aryl methyl sites for hydroxylation is 1. The third-order valence-electron chi connectivity index (χ3n) is 3.92. The van der Waals surface area contributed by atoms with E-state index in [-0.39, 0.29) is 12.0 Å². The van der Waals surface area contributed by atoms with Crippen LogP contribution in [0.1, 0.15) is 18.7 Å². The molecule has 0 bridgehead atoms. The summed E-state index contributed by atoms with van der Waals surface area (Å²) < 4.78 is 32.3. The normalized spacial score (nSPS) is 18.0. The maximum atomic E-state index is 12.0. The first kappa shape index (κ1) is 16.7. The number of nitrogens with one attached hydrogen (secondary N) is 2. The molecule has 2 aromatic rings. The highest BCUT2D eigenvalue weighted by Crippen LogP contribution is 2.20. The zero-order valence-corrected chi connectivity index (χ0v) is 14.4. The number of hydrogen-bond acceptors (Lipinski definition) is 5. The lowest BCUT2D eigenvalue weighted by molar-refractivity contribution is -0.130. The monoisotopic (exact) mass is 352 g/mol. The third kappa shape index (κ3) is 3.68. The number of ether oxygens (including phenoxy) is 1. The number of rotatable bonds is 5. The molecule has 1 aromatic heterocycles. The molecule has 0 radical (unpaired) electrons. The molecule has 0 spiro atoms. The number of carbonyl (C=O) groups excluding carboxylic acids is 1. The van der Waals surface area contributed by atoms with Gasteiger partial charge in [0.25, 0.3) is 0 Å². The molecular formula is C15H20N4O4S. The van der Waals surface area contributed by atoms with Crippen molar-refractivity contribution in [2.75, 3.05) is 17.6 Å². The third-order valence-corrected chi connectivity index (χ3v) is 4.53. The first-order valence-electron chi connectivity index (χ1n) is 7.66. The van der Waals surface area contributed by atoms with Crippen molar-refractivity contribution in [1.82, 2.24) is 14.9 Å². The van der Waals surface area contributed by atoms with Gasteiger partial charge in [0.2, 0.25) is 15.9 Å². The van der Waals surface area contributed by atoms with E-state index in [0.717, 1.165) is 24.6 Å². The van der Waals surface area contributed by atoms with Crippen LogP contribution in [0.25, 0.3) is 11.0 Å². The highest BCUT2D eigenvalue weighted by Gasteiger charge is 2.23. The van der Waals surface area contributed by atoms with Gasteiger partial charge in [-0.05, 0) is 31.0 Å². The van der Waals surface area contributed by atoms with Crippen LogP contribution in [0.4, 0.5) is 5.69 Å². The number of anilines is 1. The van der Waals surface area contributed by atoms with Crippen LogP contribution in [0.5, 0.6) is 0 Å². The fourth-order valence-electron chi connectivity index (χ4n) is 2.75. The van der Waals surface area contributed by atoms with E-state index in [4.69, 9.17) is 4.74 Å². The van der Waals surface area contributed by atoms with E-state index >= 15 is 0 Å². The van der Waals surface area contributed by atoms with Crippen LogP contribution < -0.4 is 10.0 Å². The topological polar surface area (TPSA) is 102 Å². The van der Waals surface area contributed by atoms with Crippen LogP contribution in [0.3, 0.4) is 0 Å². The fourth-order valence-corrected chi connectivity index (χ4v) is 3.30. The summed E-state index contributed by atoms with van der Waals surface area (Å²) in [7, 11) is -1.48. The van der Waals surface area contributed by atoms with Crippen molar-refractivity contribution < 1.29 is 17.9 Å². The zero-order valence-electron chi connectivity index (χ0n) is 13.6. The van der Waals surface area contributed by atoms with Gasteiger partial charge in [-0.15, -0.1) is 0 Å². The zero-order chi connectivity index (χ0) is 17.3. The predicted molar refractivity (Wildman–Crippen MR) is 90.0 cm³/mol. The van der Waals surface area contributed by atoms with Crippen LogP contribution in [0.15, 0.2) is 18.2 Å². The van der Waals surface area contributed by atoms with Crippen LogP contribution in [-0.4, -0.2) is 42.8 Å². The van der Waals surface area contributed by atoms with Crippen molar-refractivity contribution in [2.45, 2.75) is 25.5 Å². The summed E-state index contributed by atoms with van der Waals surface area (Å²) in [6, 6.07) is 5.14. The maximum absolute atomic E-state index is 12.0. The maximum Gasteiger partial charge on any atom is 0.249 e. The summed E-state index contributed by atoms with van der Waals surface area (Å²) in [5.74, 6) is 0.562. The van der Waals surface area contributed by atoms with Gasteiger partial charge in [-0.3, -0.25) is 9.52 Å². The average Bonchev–Trinajstić information content (AvgIpc) is 3.12. The number of amides is 1. The van der Waals surface area contributed by atoms with Crippen molar-refractivity contribution in [2.24, 2.45) is 7.05 Å². The number of carbonyl (C=O) groups is 1. The van der Waals surface area contributed by atoms with Gasteiger partial charge < -0.3 is 14.6 Å². The summed E-state index contributed by atoms with van der Waals surface area (Å²) in [5.41, 5.74) is 1.97. The Hall–Kier alpha value is -2.13. The molecule has 1 aliphatic heterocycles. The van der Waals surface area contributed by atoms with Crippen molar-refractivity contribution in [1.29, 1.82) is 0 Å². The van der Waals surface area contributed by atoms with Gasteiger partial charge in [0.05, 0.1) is 29.5 Å². The summed E-state index contributed by atoms with van der Waals surface area (Å²) in [6.45, 7) is 0.916. The van der Waals surface area contributed by atoms with Gasteiger partial charge in [-0.1, -0.05) is 0 Å². The lowest BCUT2D eigenvalue weighted by atomic mass is 10.2. The Kier molecular flexibility index (Phi) is 4.46. The first-order valence-corrected chi connectivity index (χ1v) is 9.55. The van der Waals surface area contributed by atoms with Crippen LogP contribution in [0.2, 0.25) is 0 Å². The second-order valence-corrected chi connectivity index (χ2v) is 7.63. The summed E-state index contributed by atoms with van der Waals surface area (Å²) >= 11 is 0. The second kappa shape index (κ2) is 6.40. The smallest absolute Gasteiger partial charge is 0.249 e. The van der Waals surface area contributed by atoms with Crippen LogP contribution in [0, 0.1) is 0 Å². The summed E-state index contributed by atoms with van der Waals surface area (Å²) in [5, 5.41) is 2.84. The molecule has 24 heavy (non-hydrogen) atoms. The molecule has 1 aliphatic rings. The minimum atomic E-state index is -3.34. The first-order chi connectivity index (χ1) is 11.3. The standard InChI is InChI=1S/C15H20N4O4S/c1-19-12-6-5-10(18-24(2,21)22)8-11(12)17-14(19)9-16-15(20)13-4-3-7-23-13/h5-6,8,13,18H,3-4,7,9H2,1-2H3,(H,16,20)/t13-/m0/s1. The Labute approximate surface area is 140 Å². The number of nitrogens with zero attached hydrogens (tertiary/aromatic N) is 2. The van der Waals surface area contributed by atoms with E-state index in [1.807, 2.05) is 11.6 Å². The second-order valence-electron chi connectivity index (χ2n) is 5.88. The van der Waals surface area contributed by atoms with E-state index in [0.29, 0.717) is 30.2 Å². The van der Waals surface area contributed by atoms with Gasteiger partial charge in [-0.2, -0.15) is 0 Å². The van der Waals surface area contributed by atoms with E-state index in [9.17, 15) is 13.2 Å². The number of benzene rings is 1.